The molecular formula is C14H16F2N2O3. The molecule has 1 aromatic carbocycles. The Kier molecular flexibility index (Phi) is 4.74. The van der Waals surface area contributed by atoms with Gasteiger partial charge < -0.3 is 14.6 Å². The zero-order valence-corrected chi connectivity index (χ0v) is 11.7. The van der Waals surface area contributed by atoms with Gasteiger partial charge in [0.25, 0.3) is 0 Å². The molecule has 0 saturated carbocycles. The minimum absolute atomic E-state index is 0.119. The summed E-state index contributed by atoms with van der Waals surface area (Å²) >= 11 is 0. The number of aliphatic hydroxyl groups excluding tert-OH is 1. The molecule has 1 unspecified atom stereocenters. The summed E-state index contributed by atoms with van der Waals surface area (Å²) in [6.07, 6.45) is 2.26. The molecule has 1 atom stereocenters. The Morgan fingerprint density at radius 1 is 1.29 bits per heavy atom. The third-order valence-corrected chi connectivity index (χ3v) is 3.01. The van der Waals surface area contributed by atoms with Gasteiger partial charge in [-0.1, -0.05) is 6.07 Å². The van der Waals surface area contributed by atoms with Crippen LogP contribution in [0.25, 0.3) is 0 Å². The molecule has 21 heavy (non-hydrogen) atoms. The van der Waals surface area contributed by atoms with Crippen molar-refractivity contribution in [2.24, 2.45) is 0 Å². The summed E-state index contributed by atoms with van der Waals surface area (Å²) < 4.78 is 35.8. The highest BCUT2D eigenvalue weighted by Crippen LogP contribution is 2.33. The summed E-state index contributed by atoms with van der Waals surface area (Å²) in [5.41, 5.74) is 0.993. The number of ether oxygens (including phenoxy) is 2. The number of benzene rings is 1. The Morgan fingerprint density at radius 3 is 2.62 bits per heavy atom. The molecule has 0 aliphatic carbocycles. The standard InChI is InChI=1S/C14H16F2N2O3/c1-3-18-8-10(7-17-18)13(19)9-4-5-11(20-2)12(6-9)21-14(15)16/h4-8,13-14,19H,3H2,1-2H3. The Labute approximate surface area is 120 Å². The molecule has 1 N–H and O–H groups in total. The number of methoxy groups -OCH3 is 1. The molecule has 0 amide bonds. The van der Waals surface area contributed by atoms with E-state index in [9.17, 15) is 13.9 Å². The van der Waals surface area contributed by atoms with Gasteiger partial charge in [0.1, 0.15) is 6.10 Å². The first-order chi connectivity index (χ1) is 10.0. The Bertz CT molecular complexity index is 602. The van der Waals surface area contributed by atoms with Gasteiger partial charge in [0, 0.05) is 18.3 Å². The zero-order chi connectivity index (χ0) is 15.4. The molecule has 114 valence electrons. The predicted octanol–water partition coefficient (Wildman–Crippen LogP) is 2.59. The van der Waals surface area contributed by atoms with Crippen LogP contribution in [0, 0.1) is 0 Å². The molecule has 0 bridgehead atoms. The Hall–Kier alpha value is -2.15. The molecule has 2 aromatic rings. The lowest BCUT2D eigenvalue weighted by Gasteiger charge is -2.14. The third kappa shape index (κ3) is 3.49. The number of halogens is 2. The van der Waals surface area contributed by atoms with Crippen LogP contribution in [0.1, 0.15) is 24.2 Å². The molecule has 0 aliphatic rings. The van der Waals surface area contributed by atoms with Gasteiger partial charge in [-0.05, 0) is 24.6 Å². The molecule has 0 saturated heterocycles. The fourth-order valence-corrected chi connectivity index (χ4v) is 1.94. The highest BCUT2D eigenvalue weighted by atomic mass is 19.3. The molecule has 0 aliphatic heterocycles. The second-order valence-electron chi connectivity index (χ2n) is 4.32. The zero-order valence-electron chi connectivity index (χ0n) is 11.7. The molecule has 1 aromatic heterocycles. The molecule has 0 spiro atoms. The van der Waals surface area contributed by atoms with Crippen LogP contribution in [-0.2, 0) is 6.54 Å². The van der Waals surface area contributed by atoms with Crippen LogP contribution in [-0.4, -0.2) is 28.6 Å². The second-order valence-corrected chi connectivity index (χ2v) is 4.32. The van der Waals surface area contributed by atoms with Gasteiger partial charge in [-0.2, -0.15) is 13.9 Å². The normalized spacial score (nSPS) is 12.5. The molecule has 0 fully saturated rings. The number of rotatable bonds is 6. The first-order valence-electron chi connectivity index (χ1n) is 6.38. The smallest absolute Gasteiger partial charge is 0.387 e. The summed E-state index contributed by atoms with van der Waals surface area (Å²) in [4.78, 5) is 0. The van der Waals surface area contributed by atoms with Crippen LogP contribution in [0.2, 0.25) is 0 Å². The van der Waals surface area contributed by atoms with Crippen molar-refractivity contribution in [1.29, 1.82) is 0 Å². The Balaban J connectivity index is 2.30. The van der Waals surface area contributed by atoms with Gasteiger partial charge in [-0.15, -0.1) is 0 Å². The first-order valence-corrected chi connectivity index (χ1v) is 6.38. The number of aryl methyl sites for hydroxylation is 1. The van der Waals surface area contributed by atoms with E-state index < -0.39 is 12.7 Å². The van der Waals surface area contributed by atoms with Crippen molar-refractivity contribution in [3.63, 3.8) is 0 Å². The van der Waals surface area contributed by atoms with Gasteiger partial charge in [-0.3, -0.25) is 4.68 Å². The van der Waals surface area contributed by atoms with E-state index in [2.05, 4.69) is 9.84 Å². The van der Waals surface area contributed by atoms with Gasteiger partial charge in [0.05, 0.1) is 13.3 Å². The molecule has 7 heteroatoms. The van der Waals surface area contributed by atoms with Crippen LogP contribution >= 0.6 is 0 Å². The number of hydrogen-bond donors (Lipinski definition) is 1. The molecular weight excluding hydrogens is 282 g/mol. The highest BCUT2D eigenvalue weighted by Gasteiger charge is 2.17. The van der Waals surface area contributed by atoms with E-state index in [0.717, 1.165) is 0 Å². The first kappa shape index (κ1) is 15.2. The van der Waals surface area contributed by atoms with E-state index in [0.29, 0.717) is 17.7 Å². The fourth-order valence-electron chi connectivity index (χ4n) is 1.94. The van der Waals surface area contributed by atoms with E-state index >= 15 is 0 Å². The number of aromatic nitrogens is 2. The van der Waals surface area contributed by atoms with Crippen LogP contribution in [0.3, 0.4) is 0 Å². The van der Waals surface area contributed by atoms with Gasteiger partial charge >= 0.3 is 6.61 Å². The average Bonchev–Trinajstić information content (AvgIpc) is 2.94. The highest BCUT2D eigenvalue weighted by molar-refractivity contribution is 5.45. The van der Waals surface area contributed by atoms with Crippen molar-refractivity contribution in [3.8, 4) is 11.5 Å². The third-order valence-electron chi connectivity index (χ3n) is 3.01. The van der Waals surface area contributed by atoms with Crippen molar-refractivity contribution < 1.29 is 23.4 Å². The molecule has 0 radical (unpaired) electrons. The minimum Gasteiger partial charge on any atom is -0.493 e. The Morgan fingerprint density at radius 2 is 2.05 bits per heavy atom. The monoisotopic (exact) mass is 298 g/mol. The topological polar surface area (TPSA) is 56.5 Å². The molecule has 5 nitrogen and oxygen atoms in total. The lowest BCUT2D eigenvalue weighted by atomic mass is 10.0. The maximum atomic E-state index is 12.4. The van der Waals surface area contributed by atoms with Gasteiger partial charge in [0.2, 0.25) is 0 Å². The van der Waals surface area contributed by atoms with Crippen molar-refractivity contribution in [2.45, 2.75) is 26.2 Å². The summed E-state index contributed by atoms with van der Waals surface area (Å²) in [6, 6.07) is 4.39. The van der Waals surface area contributed by atoms with Crippen LogP contribution in [0.5, 0.6) is 11.5 Å². The van der Waals surface area contributed by atoms with Crippen LogP contribution in [0.4, 0.5) is 8.78 Å². The number of hydrogen-bond acceptors (Lipinski definition) is 4. The van der Waals surface area contributed by atoms with E-state index in [1.165, 1.54) is 25.4 Å². The summed E-state index contributed by atoms with van der Waals surface area (Å²) in [7, 11) is 1.36. The fraction of sp³-hybridized carbons (Fsp3) is 0.357. The van der Waals surface area contributed by atoms with E-state index in [1.54, 1.807) is 16.9 Å². The maximum absolute atomic E-state index is 12.4. The number of aliphatic hydroxyl groups is 1. The van der Waals surface area contributed by atoms with Gasteiger partial charge in [0.15, 0.2) is 11.5 Å². The minimum atomic E-state index is -2.96. The predicted molar refractivity (Wildman–Crippen MR) is 71.6 cm³/mol. The van der Waals surface area contributed by atoms with Crippen molar-refractivity contribution >= 4 is 0 Å². The number of alkyl halides is 2. The van der Waals surface area contributed by atoms with E-state index in [4.69, 9.17) is 4.74 Å². The van der Waals surface area contributed by atoms with E-state index in [-0.39, 0.29) is 11.5 Å². The quantitative estimate of drug-likeness (QED) is 0.890. The second kappa shape index (κ2) is 6.53. The largest absolute Gasteiger partial charge is 0.493 e. The molecule has 1 heterocycles. The van der Waals surface area contributed by atoms with Crippen molar-refractivity contribution in [1.82, 2.24) is 9.78 Å². The summed E-state index contributed by atoms with van der Waals surface area (Å²) in [6.45, 7) is -0.366. The SMILES string of the molecule is CCn1cc(C(O)c2ccc(OC)c(OC(F)F)c2)cn1. The van der Waals surface area contributed by atoms with Crippen molar-refractivity contribution in [2.75, 3.05) is 7.11 Å². The maximum Gasteiger partial charge on any atom is 0.387 e. The van der Waals surface area contributed by atoms with E-state index in [1.807, 2.05) is 6.92 Å². The average molecular weight is 298 g/mol. The summed E-state index contributed by atoms with van der Waals surface area (Å²) in [5.74, 6) is 0.0578. The summed E-state index contributed by atoms with van der Waals surface area (Å²) in [5, 5.41) is 14.4. The lowest BCUT2D eigenvalue weighted by molar-refractivity contribution is -0.0513. The van der Waals surface area contributed by atoms with Gasteiger partial charge in [-0.25, -0.2) is 0 Å². The van der Waals surface area contributed by atoms with Crippen molar-refractivity contribution in [3.05, 3.63) is 41.7 Å². The van der Waals surface area contributed by atoms with Crippen LogP contribution < -0.4 is 9.47 Å². The lowest BCUT2D eigenvalue weighted by Crippen LogP contribution is -2.05. The molecule has 2 rings (SSSR count). The van der Waals surface area contributed by atoms with Crippen LogP contribution in [0.15, 0.2) is 30.6 Å². The number of nitrogens with zero attached hydrogens (tertiary/aromatic N) is 2.